The third kappa shape index (κ3) is 3.23. The van der Waals surface area contributed by atoms with Gasteiger partial charge in [0.05, 0.1) is 16.2 Å². The number of hydrogen-bond acceptors (Lipinski definition) is 2. The van der Waals surface area contributed by atoms with Crippen LogP contribution in [0.25, 0.3) is 10.9 Å². The number of anilines is 1. The smallest absolute Gasteiger partial charge is 0.0948 e. The van der Waals surface area contributed by atoms with Gasteiger partial charge in [-0.15, -0.1) is 0 Å². The zero-order chi connectivity index (χ0) is 14.8. The predicted molar refractivity (Wildman–Crippen MR) is 95.9 cm³/mol. The van der Waals surface area contributed by atoms with Crippen molar-refractivity contribution in [2.24, 2.45) is 0 Å². The fourth-order valence-corrected chi connectivity index (χ4v) is 3.02. The number of hydrogen-bond donors (Lipinski definition) is 1. The van der Waals surface area contributed by atoms with Crippen molar-refractivity contribution in [3.8, 4) is 0 Å². The zero-order valence-corrected chi connectivity index (χ0v) is 14.8. The molecule has 2 nitrogen and oxygen atoms in total. The van der Waals surface area contributed by atoms with Crippen LogP contribution in [-0.2, 0) is 6.54 Å². The highest BCUT2D eigenvalue weighted by atomic mass is 79.9. The maximum absolute atomic E-state index is 6.21. The quantitative estimate of drug-likeness (QED) is 0.553. The summed E-state index contributed by atoms with van der Waals surface area (Å²) >= 11 is 13.2. The number of nitrogens with zero attached hydrogens (tertiary/aromatic N) is 1. The van der Waals surface area contributed by atoms with Gasteiger partial charge in [-0.05, 0) is 73.8 Å². The summed E-state index contributed by atoms with van der Waals surface area (Å²) in [6.07, 6.45) is 1.78. The Hall–Kier alpha value is -1.10. The van der Waals surface area contributed by atoms with Gasteiger partial charge >= 0.3 is 0 Å². The van der Waals surface area contributed by atoms with E-state index in [1.54, 1.807) is 6.20 Å². The van der Waals surface area contributed by atoms with Crippen LogP contribution in [0, 0.1) is 0 Å². The molecule has 0 aliphatic carbocycles. The molecule has 21 heavy (non-hydrogen) atoms. The first-order valence-electron chi connectivity index (χ1n) is 6.36. The second-order valence-electron chi connectivity index (χ2n) is 4.60. The van der Waals surface area contributed by atoms with Crippen molar-refractivity contribution in [3.05, 3.63) is 68.2 Å². The summed E-state index contributed by atoms with van der Waals surface area (Å²) < 4.78 is 2.09. The van der Waals surface area contributed by atoms with E-state index in [4.69, 9.17) is 11.6 Å². The van der Waals surface area contributed by atoms with E-state index in [1.807, 2.05) is 30.3 Å². The van der Waals surface area contributed by atoms with Gasteiger partial charge < -0.3 is 5.32 Å². The summed E-state index contributed by atoms with van der Waals surface area (Å²) in [5.74, 6) is 0. The van der Waals surface area contributed by atoms with E-state index in [-0.39, 0.29) is 0 Å². The fourth-order valence-electron chi connectivity index (χ4n) is 2.13. The highest BCUT2D eigenvalue weighted by Crippen LogP contribution is 2.29. The third-order valence-electron chi connectivity index (χ3n) is 3.18. The van der Waals surface area contributed by atoms with Gasteiger partial charge in [0.25, 0.3) is 0 Å². The summed E-state index contributed by atoms with van der Waals surface area (Å²) in [6, 6.07) is 13.9. The molecule has 0 bridgehead atoms. The average molecular weight is 427 g/mol. The number of rotatable bonds is 3. The van der Waals surface area contributed by atoms with E-state index in [2.05, 4.69) is 54.3 Å². The second-order valence-corrected chi connectivity index (χ2v) is 6.71. The lowest BCUT2D eigenvalue weighted by Crippen LogP contribution is -2.00. The lowest BCUT2D eigenvalue weighted by atomic mass is 10.1. The Bertz CT molecular complexity index is 805. The molecule has 0 saturated heterocycles. The molecule has 5 heteroatoms. The molecule has 106 valence electrons. The molecule has 0 fully saturated rings. The van der Waals surface area contributed by atoms with Gasteiger partial charge in [0.15, 0.2) is 0 Å². The van der Waals surface area contributed by atoms with Crippen molar-refractivity contribution in [1.82, 2.24) is 4.98 Å². The highest BCUT2D eigenvalue weighted by molar-refractivity contribution is 9.13. The molecule has 0 radical (unpaired) electrons. The standard InChI is InChI=1S/C16H11Br2ClN2/c17-12-4-3-10(8-13(12)18)9-21-15-6-5-14(19)11-2-1-7-20-16(11)15/h1-8,21H,9H2. The average Bonchev–Trinajstić information content (AvgIpc) is 2.50. The summed E-state index contributed by atoms with van der Waals surface area (Å²) in [4.78, 5) is 4.42. The molecule has 0 spiro atoms. The number of benzene rings is 2. The molecule has 0 aliphatic rings. The molecule has 1 heterocycles. The van der Waals surface area contributed by atoms with Gasteiger partial charge in [0.1, 0.15) is 0 Å². The van der Waals surface area contributed by atoms with Crippen LogP contribution >= 0.6 is 43.5 Å². The molecule has 0 aliphatic heterocycles. The van der Waals surface area contributed by atoms with Crippen LogP contribution in [0.1, 0.15) is 5.56 Å². The topological polar surface area (TPSA) is 24.9 Å². The lowest BCUT2D eigenvalue weighted by Gasteiger charge is -2.10. The third-order valence-corrected chi connectivity index (χ3v) is 5.39. The molecular weight excluding hydrogens is 415 g/mol. The van der Waals surface area contributed by atoms with Crippen LogP contribution in [0.15, 0.2) is 57.6 Å². The highest BCUT2D eigenvalue weighted by Gasteiger charge is 2.06. The fraction of sp³-hybridized carbons (Fsp3) is 0.0625. The summed E-state index contributed by atoms with van der Waals surface area (Å²) in [6.45, 7) is 0.721. The van der Waals surface area contributed by atoms with E-state index in [0.29, 0.717) is 0 Å². The largest absolute Gasteiger partial charge is 0.379 e. The van der Waals surface area contributed by atoms with Gasteiger partial charge in [-0.1, -0.05) is 17.7 Å². The van der Waals surface area contributed by atoms with E-state index >= 15 is 0 Å². The molecular formula is C16H11Br2ClN2. The molecule has 1 aromatic heterocycles. The Labute approximate surface area is 144 Å². The van der Waals surface area contributed by atoms with Crippen LogP contribution in [-0.4, -0.2) is 4.98 Å². The first-order chi connectivity index (χ1) is 10.1. The van der Waals surface area contributed by atoms with Crippen LogP contribution in [0.5, 0.6) is 0 Å². The van der Waals surface area contributed by atoms with Crippen molar-refractivity contribution in [3.63, 3.8) is 0 Å². The van der Waals surface area contributed by atoms with Gasteiger partial charge in [-0.25, -0.2) is 0 Å². The monoisotopic (exact) mass is 424 g/mol. The van der Waals surface area contributed by atoms with Crippen LogP contribution in [0.3, 0.4) is 0 Å². The van der Waals surface area contributed by atoms with Crippen LogP contribution in [0.4, 0.5) is 5.69 Å². The van der Waals surface area contributed by atoms with E-state index in [9.17, 15) is 0 Å². The predicted octanol–water partition coefficient (Wildman–Crippen LogP) is 6.03. The molecule has 3 rings (SSSR count). The molecule has 2 aromatic carbocycles. The molecule has 3 aromatic rings. The summed E-state index contributed by atoms with van der Waals surface area (Å²) in [5.41, 5.74) is 3.05. The van der Waals surface area contributed by atoms with Crippen molar-refractivity contribution < 1.29 is 0 Å². The van der Waals surface area contributed by atoms with E-state index < -0.39 is 0 Å². The van der Waals surface area contributed by atoms with E-state index in [1.165, 1.54) is 5.56 Å². The van der Waals surface area contributed by atoms with Crippen molar-refractivity contribution in [2.45, 2.75) is 6.54 Å². The van der Waals surface area contributed by atoms with E-state index in [0.717, 1.165) is 37.1 Å². The molecule has 1 N–H and O–H groups in total. The molecule has 0 unspecified atom stereocenters. The number of halogens is 3. The Morgan fingerprint density at radius 1 is 1.05 bits per heavy atom. The normalized spacial score (nSPS) is 10.8. The number of aromatic nitrogens is 1. The zero-order valence-electron chi connectivity index (χ0n) is 10.9. The minimum Gasteiger partial charge on any atom is -0.379 e. The number of pyridine rings is 1. The molecule has 0 atom stereocenters. The summed E-state index contributed by atoms with van der Waals surface area (Å²) in [5, 5.41) is 5.10. The lowest BCUT2D eigenvalue weighted by molar-refractivity contribution is 1.14. The van der Waals surface area contributed by atoms with Gasteiger partial charge in [-0.2, -0.15) is 0 Å². The Kier molecular flexibility index (Phi) is 4.48. The van der Waals surface area contributed by atoms with Gasteiger partial charge in [0.2, 0.25) is 0 Å². The maximum Gasteiger partial charge on any atom is 0.0948 e. The first-order valence-corrected chi connectivity index (χ1v) is 8.32. The first kappa shape index (κ1) is 14.8. The molecule has 0 saturated carbocycles. The maximum atomic E-state index is 6.21. The second kappa shape index (κ2) is 6.34. The number of nitrogens with one attached hydrogen (secondary N) is 1. The number of fused-ring (bicyclic) bond motifs is 1. The van der Waals surface area contributed by atoms with Crippen molar-refractivity contribution in [1.29, 1.82) is 0 Å². The SMILES string of the molecule is Clc1ccc(NCc2ccc(Br)c(Br)c2)c2ncccc12. The minimum absolute atomic E-state index is 0.718. The van der Waals surface area contributed by atoms with Crippen molar-refractivity contribution >= 4 is 60.1 Å². The van der Waals surface area contributed by atoms with Crippen LogP contribution in [0.2, 0.25) is 5.02 Å². The van der Waals surface area contributed by atoms with Gasteiger partial charge in [-0.3, -0.25) is 4.98 Å². The van der Waals surface area contributed by atoms with Crippen molar-refractivity contribution in [2.75, 3.05) is 5.32 Å². The Morgan fingerprint density at radius 3 is 2.71 bits per heavy atom. The minimum atomic E-state index is 0.718. The Balaban J connectivity index is 1.88. The van der Waals surface area contributed by atoms with Crippen LogP contribution < -0.4 is 5.32 Å². The summed E-state index contributed by atoms with van der Waals surface area (Å²) in [7, 11) is 0. The Morgan fingerprint density at radius 2 is 1.90 bits per heavy atom. The van der Waals surface area contributed by atoms with Gasteiger partial charge in [0, 0.05) is 27.1 Å². The molecule has 0 amide bonds.